The molecule has 0 aliphatic carbocycles. The predicted molar refractivity (Wildman–Crippen MR) is 117 cm³/mol. The Balaban J connectivity index is 1.68. The number of ether oxygens (including phenoxy) is 1. The molecule has 10 heteroatoms. The van der Waals surface area contributed by atoms with Crippen LogP contribution >= 0.6 is 0 Å². The molecule has 3 aromatic rings. The zero-order valence-corrected chi connectivity index (χ0v) is 17.1. The van der Waals surface area contributed by atoms with Crippen molar-refractivity contribution in [1.82, 2.24) is 10.2 Å². The van der Waals surface area contributed by atoms with E-state index in [1.54, 1.807) is 18.2 Å². The number of nitrogens with one attached hydrogen (secondary N) is 1. The summed E-state index contributed by atoms with van der Waals surface area (Å²) >= 11 is 0. The van der Waals surface area contributed by atoms with Gasteiger partial charge in [0, 0.05) is 17.7 Å². The smallest absolute Gasteiger partial charge is 0.329 e. The highest BCUT2D eigenvalue weighted by atomic mass is 16.6. The van der Waals surface area contributed by atoms with E-state index >= 15 is 0 Å². The standard InChI is InChI=1S/C23H17N3O7/c27-21(28)12-25-22(29)19(24-23(25)30)11-18-17-4-2-1-3-15(17)7-10-20(18)33-13-14-5-8-16(9-6-14)26(31)32/h1-11H,12-13H2,(H,24,30)(H,27,28)/b19-11+. The molecule has 0 bridgehead atoms. The van der Waals surface area contributed by atoms with Gasteiger partial charge in [0.05, 0.1) is 4.92 Å². The lowest BCUT2D eigenvalue weighted by atomic mass is 10.0. The van der Waals surface area contributed by atoms with Crippen molar-refractivity contribution >= 4 is 40.4 Å². The fraction of sp³-hybridized carbons (Fsp3) is 0.0870. The van der Waals surface area contributed by atoms with Gasteiger partial charge in [-0.1, -0.05) is 30.3 Å². The highest BCUT2D eigenvalue weighted by Gasteiger charge is 2.35. The molecule has 0 radical (unpaired) electrons. The van der Waals surface area contributed by atoms with Crippen LogP contribution in [0.15, 0.2) is 66.4 Å². The Labute approximate surface area is 186 Å². The second-order valence-electron chi connectivity index (χ2n) is 7.18. The molecule has 4 rings (SSSR count). The Morgan fingerprint density at radius 1 is 1.09 bits per heavy atom. The van der Waals surface area contributed by atoms with Gasteiger partial charge in [-0.3, -0.25) is 19.7 Å². The van der Waals surface area contributed by atoms with Gasteiger partial charge in [-0.2, -0.15) is 0 Å². The number of nitro benzene ring substituents is 1. The second kappa shape index (κ2) is 8.79. The average Bonchev–Trinajstić information content (AvgIpc) is 3.05. The van der Waals surface area contributed by atoms with Gasteiger partial charge in [-0.15, -0.1) is 0 Å². The summed E-state index contributed by atoms with van der Waals surface area (Å²) in [5.74, 6) is -1.65. The third-order valence-electron chi connectivity index (χ3n) is 5.02. The monoisotopic (exact) mass is 447 g/mol. The first-order valence-corrected chi connectivity index (χ1v) is 9.77. The molecule has 0 aromatic heterocycles. The molecule has 33 heavy (non-hydrogen) atoms. The van der Waals surface area contributed by atoms with Crippen molar-refractivity contribution < 1.29 is 29.2 Å². The maximum atomic E-state index is 12.6. The van der Waals surface area contributed by atoms with Crippen LogP contribution < -0.4 is 10.1 Å². The normalized spacial score (nSPS) is 14.5. The quantitative estimate of drug-likeness (QED) is 0.245. The van der Waals surface area contributed by atoms with Crippen molar-refractivity contribution in [3.05, 3.63) is 87.6 Å². The number of nitro groups is 1. The molecule has 1 aliphatic heterocycles. The van der Waals surface area contributed by atoms with Crippen molar-refractivity contribution in [3.8, 4) is 5.75 Å². The molecular formula is C23H17N3O7. The summed E-state index contributed by atoms with van der Waals surface area (Å²) in [7, 11) is 0. The Morgan fingerprint density at radius 2 is 1.82 bits per heavy atom. The molecule has 0 atom stereocenters. The number of carbonyl (C=O) groups is 3. The van der Waals surface area contributed by atoms with Crippen molar-refractivity contribution in [2.24, 2.45) is 0 Å². The number of imide groups is 1. The van der Waals surface area contributed by atoms with Crippen molar-refractivity contribution in [3.63, 3.8) is 0 Å². The van der Waals surface area contributed by atoms with Gasteiger partial charge in [-0.25, -0.2) is 9.69 Å². The maximum absolute atomic E-state index is 12.6. The minimum Gasteiger partial charge on any atom is -0.488 e. The molecule has 3 amide bonds. The van der Waals surface area contributed by atoms with Gasteiger partial charge in [0.25, 0.3) is 11.6 Å². The van der Waals surface area contributed by atoms with Crippen molar-refractivity contribution in [2.45, 2.75) is 6.61 Å². The van der Waals surface area contributed by atoms with Gasteiger partial charge in [-0.05, 0) is 40.6 Å². The van der Waals surface area contributed by atoms with Gasteiger partial charge in [0.15, 0.2) is 0 Å². The summed E-state index contributed by atoms with van der Waals surface area (Å²) in [6.45, 7) is -0.640. The molecule has 166 valence electrons. The SMILES string of the molecule is O=C(O)CN1C(=O)N/C(=C/c2c(OCc3ccc([N+](=O)[O-])cc3)ccc3ccccc23)C1=O. The third kappa shape index (κ3) is 4.49. The van der Waals surface area contributed by atoms with E-state index in [0.717, 1.165) is 10.8 Å². The Kier molecular flexibility index (Phi) is 5.73. The van der Waals surface area contributed by atoms with E-state index in [2.05, 4.69) is 5.32 Å². The number of fused-ring (bicyclic) bond motifs is 1. The topological polar surface area (TPSA) is 139 Å². The van der Waals surface area contributed by atoms with Crippen LogP contribution in [0.3, 0.4) is 0 Å². The number of carboxylic acid groups (broad SMARTS) is 1. The number of rotatable bonds is 7. The number of carboxylic acids is 1. The summed E-state index contributed by atoms with van der Waals surface area (Å²) < 4.78 is 5.95. The van der Waals surface area contributed by atoms with Crippen LogP contribution in [0.1, 0.15) is 11.1 Å². The minimum absolute atomic E-state index is 0.0312. The summed E-state index contributed by atoms with van der Waals surface area (Å²) in [6, 6.07) is 16.1. The number of amides is 3. The number of urea groups is 1. The molecule has 0 spiro atoms. The molecule has 1 heterocycles. The Hall–Kier alpha value is -4.73. The first-order valence-electron chi connectivity index (χ1n) is 9.77. The van der Waals surface area contributed by atoms with E-state index < -0.39 is 29.4 Å². The molecular weight excluding hydrogens is 430 g/mol. The number of non-ortho nitro benzene ring substituents is 1. The van der Waals surface area contributed by atoms with Crippen LogP contribution in [0, 0.1) is 10.1 Å². The fourth-order valence-corrected chi connectivity index (χ4v) is 3.42. The van der Waals surface area contributed by atoms with Crippen LogP contribution in [0.5, 0.6) is 5.75 Å². The fourth-order valence-electron chi connectivity index (χ4n) is 3.42. The molecule has 0 unspecified atom stereocenters. The average molecular weight is 447 g/mol. The number of nitrogens with zero attached hydrogens (tertiary/aromatic N) is 2. The number of aliphatic carboxylic acids is 1. The van der Waals surface area contributed by atoms with Crippen LogP contribution in [0.25, 0.3) is 16.8 Å². The molecule has 10 nitrogen and oxygen atoms in total. The maximum Gasteiger partial charge on any atom is 0.329 e. The van der Waals surface area contributed by atoms with E-state index in [4.69, 9.17) is 9.84 Å². The zero-order chi connectivity index (χ0) is 23.5. The molecule has 1 saturated heterocycles. The van der Waals surface area contributed by atoms with E-state index in [9.17, 15) is 24.5 Å². The number of hydrogen-bond acceptors (Lipinski definition) is 6. The van der Waals surface area contributed by atoms with Crippen LogP contribution in [0.2, 0.25) is 0 Å². The molecule has 0 saturated carbocycles. The van der Waals surface area contributed by atoms with Gasteiger partial charge in [0.1, 0.15) is 24.6 Å². The number of carbonyl (C=O) groups excluding carboxylic acids is 2. The lowest BCUT2D eigenvalue weighted by Crippen LogP contribution is -2.35. The van der Waals surface area contributed by atoms with Crippen LogP contribution in [0.4, 0.5) is 10.5 Å². The summed E-state index contributed by atoms with van der Waals surface area (Å²) in [5.41, 5.74) is 1.12. The summed E-state index contributed by atoms with van der Waals surface area (Å²) in [6.07, 6.45) is 1.45. The summed E-state index contributed by atoms with van der Waals surface area (Å²) in [5, 5.41) is 23.8. The first-order chi connectivity index (χ1) is 15.8. The predicted octanol–water partition coefficient (Wildman–Crippen LogP) is 3.30. The molecule has 3 aromatic carbocycles. The number of benzene rings is 3. The molecule has 1 fully saturated rings. The van der Waals surface area contributed by atoms with Crippen LogP contribution in [-0.4, -0.2) is 39.4 Å². The van der Waals surface area contributed by atoms with E-state index in [0.29, 0.717) is 21.8 Å². The first kappa shape index (κ1) is 21.5. The Morgan fingerprint density at radius 3 is 2.52 bits per heavy atom. The lowest BCUT2D eigenvalue weighted by molar-refractivity contribution is -0.384. The van der Waals surface area contributed by atoms with Gasteiger partial charge < -0.3 is 15.2 Å². The van der Waals surface area contributed by atoms with E-state index in [1.807, 2.05) is 30.3 Å². The molecule has 2 N–H and O–H groups in total. The van der Waals surface area contributed by atoms with E-state index in [1.165, 1.54) is 18.2 Å². The van der Waals surface area contributed by atoms with Gasteiger partial charge >= 0.3 is 12.0 Å². The molecule has 1 aliphatic rings. The highest BCUT2D eigenvalue weighted by molar-refractivity contribution is 6.16. The third-order valence-corrected chi connectivity index (χ3v) is 5.02. The zero-order valence-electron chi connectivity index (χ0n) is 17.1. The van der Waals surface area contributed by atoms with Crippen molar-refractivity contribution in [2.75, 3.05) is 6.54 Å². The largest absolute Gasteiger partial charge is 0.488 e. The van der Waals surface area contributed by atoms with Crippen LogP contribution in [-0.2, 0) is 16.2 Å². The van der Waals surface area contributed by atoms with Gasteiger partial charge in [0.2, 0.25) is 0 Å². The second-order valence-corrected chi connectivity index (χ2v) is 7.18. The lowest BCUT2D eigenvalue weighted by Gasteiger charge is -2.13. The summed E-state index contributed by atoms with van der Waals surface area (Å²) in [4.78, 5) is 46.6. The van der Waals surface area contributed by atoms with Crippen molar-refractivity contribution in [1.29, 1.82) is 0 Å². The highest BCUT2D eigenvalue weighted by Crippen LogP contribution is 2.31. The van der Waals surface area contributed by atoms with E-state index in [-0.39, 0.29) is 18.0 Å². The number of hydrogen-bond donors (Lipinski definition) is 2. The Bertz CT molecular complexity index is 1320. The minimum atomic E-state index is -1.31.